The van der Waals surface area contributed by atoms with Crippen LogP contribution in [0.5, 0.6) is 5.75 Å². The highest BCUT2D eigenvalue weighted by Gasteiger charge is 2.22. The van der Waals surface area contributed by atoms with Gasteiger partial charge in [0.05, 0.1) is 6.10 Å². The van der Waals surface area contributed by atoms with Crippen LogP contribution in [0.1, 0.15) is 32.6 Å². The smallest absolute Gasteiger partial charge is 0.168 e. The monoisotopic (exact) mass is 290 g/mol. The third-order valence-electron chi connectivity index (χ3n) is 3.02. The van der Waals surface area contributed by atoms with Crippen molar-refractivity contribution in [2.75, 3.05) is 11.9 Å². The fourth-order valence-corrected chi connectivity index (χ4v) is 2.78. The molecule has 0 bridgehead atoms. The van der Waals surface area contributed by atoms with Gasteiger partial charge in [-0.2, -0.15) is 0 Å². The average molecular weight is 290 g/mol. The van der Waals surface area contributed by atoms with E-state index >= 15 is 0 Å². The van der Waals surface area contributed by atoms with Crippen molar-refractivity contribution in [3.8, 4) is 5.75 Å². The molecule has 0 aliphatic carbocycles. The summed E-state index contributed by atoms with van der Waals surface area (Å²) in [4.78, 5) is 5.75. The first-order valence-corrected chi connectivity index (χ1v) is 7.76. The van der Waals surface area contributed by atoms with Gasteiger partial charge >= 0.3 is 0 Å². The SMILES string of the molecule is CC(C)Oc1cccnc1NCC(C)(C)c1cccs1. The molecule has 20 heavy (non-hydrogen) atoms. The van der Waals surface area contributed by atoms with Crippen LogP contribution >= 0.6 is 11.3 Å². The van der Waals surface area contributed by atoms with Crippen molar-refractivity contribution in [2.24, 2.45) is 0 Å². The molecular weight excluding hydrogens is 268 g/mol. The molecule has 2 rings (SSSR count). The molecular formula is C16H22N2OS. The van der Waals surface area contributed by atoms with Crippen LogP contribution in [-0.4, -0.2) is 17.6 Å². The molecule has 2 aromatic heterocycles. The summed E-state index contributed by atoms with van der Waals surface area (Å²) >= 11 is 1.79. The maximum Gasteiger partial charge on any atom is 0.168 e. The van der Waals surface area contributed by atoms with E-state index in [0.717, 1.165) is 18.1 Å². The van der Waals surface area contributed by atoms with Crippen LogP contribution in [0.25, 0.3) is 0 Å². The standard InChI is InChI=1S/C16H22N2OS/c1-12(2)19-13-7-5-9-17-15(13)18-11-16(3,4)14-8-6-10-20-14/h5-10,12H,11H2,1-4H3,(H,17,18). The van der Waals surface area contributed by atoms with Crippen molar-refractivity contribution in [1.82, 2.24) is 4.98 Å². The molecule has 1 N–H and O–H groups in total. The molecule has 0 saturated carbocycles. The summed E-state index contributed by atoms with van der Waals surface area (Å²) in [7, 11) is 0. The van der Waals surface area contributed by atoms with E-state index in [0.29, 0.717) is 0 Å². The maximum absolute atomic E-state index is 5.78. The van der Waals surface area contributed by atoms with Gasteiger partial charge in [0, 0.05) is 23.0 Å². The van der Waals surface area contributed by atoms with E-state index < -0.39 is 0 Å². The minimum atomic E-state index is 0.0702. The molecule has 0 radical (unpaired) electrons. The minimum absolute atomic E-state index is 0.0702. The Bertz CT molecular complexity index is 535. The zero-order valence-corrected chi connectivity index (χ0v) is 13.3. The Morgan fingerprint density at radius 1 is 1.30 bits per heavy atom. The Labute approximate surface area is 125 Å². The number of rotatable bonds is 6. The lowest BCUT2D eigenvalue weighted by Gasteiger charge is -2.24. The van der Waals surface area contributed by atoms with E-state index in [1.807, 2.05) is 26.0 Å². The number of aromatic nitrogens is 1. The predicted octanol–water partition coefficient (Wildman–Crippen LogP) is 4.32. The lowest BCUT2D eigenvalue weighted by molar-refractivity contribution is 0.243. The second kappa shape index (κ2) is 6.27. The molecule has 0 aromatic carbocycles. The normalized spacial score (nSPS) is 11.7. The van der Waals surface area contributed by atoms with Gasteiger partial charge in [-0.05, 0) is 37.4 Å². The van der Waals surface area contributed by atoms with Crippen molar-refractivity contribution in [3.63, 3.8) is 0 Å². The van der Waals surface area contributed by atoms with Crippen molar-refractivity contribution in [2.45, 2.75) is 39.2 Å². The molecule has 0 amide bonds. The fourth-order valence-electron chi connectivity index (χ4n) is 1.93. The third-order valence-corrected chi connectivity index (χ3v) is 4.26. The van der Waals surface area contributed by atoms with Crippen LogP contribution < -0.4 is 10.1 Å². The molecule has 4 heteroatoms. The van der Waals surface area contributed by atoms with Crippen molar-refractivity contribution in [3.05, 3.63) is 40.7 Å². The first-order valence-electron chi connectivity index (χ1n) is 6.88. The van der Waals surface area contributed by atoms with Gasteiger partial charge in [0.2, 0.25) is 0 Å². The number of nitrogens with zero attached hydrogens (tertiary/aromatic N) is 1. The number of ether oxygens (including phenoxy) is 1. The maximum atomic E-state index is 5.78. The number of hydrogen-bond donors (Lipinski definition) is 1. The molecule has 108 valence electrons. The zero-order valence-electron chi connectivity index (χ0n) is 12.5. The van der Waals surface area contributed by atoms with Crippen LogP contribution in [0.15, 0.2) is 35.8 Å². The Kier molecular flexibility index (Phi) is 4.65. The van der Waals surface area contributed by atoms with Crippen LogP contribution in [0.3, 0.4) is 0 Å². The molecule has 0 atom stereocenters. The summed E-state index contributed by atoms with van der Waals surface area (Å²) in [6.07, 6.45) is 1.93. The number of pyridine rings is 1. The predicted molar refractivity (Wildman–Crippen MR) is 85.8 cm³/mol. The molecule has 0 fully saturated rings. The van der Waals surface area contributed by atoms with Crippen molar-refractivity contribution in [1.29, 1.82) is 0 Å². The molecule has 0 aliphatic heterocycles. The quantitative estimate of drug-likeness (QED) is 0.860. The Balaban J connectivity index is 2.07. The first-order chi connectivity index (χ1) is 9.49. The summed E-state index contributed by atoms with van der Waals surface area (Å²) < 4.78 is 5.78. The summed E-state index contributed by atoms with van der Waals surface area (Å²) in [5, 5.41) is 5.53. The zero-order chi connectivity index (χ0) is 14.6. The van der Waals surface area contributed by atoms with Gasteiger partial charge in [-0.15, -0.1) is 11.3 Å². The van der Waals surface area contributed by atoms with Crippen LogP contribution in [0.2, 0.25) is 0 Å². The molecule has 0 unspecified atom stereocenters. The minimum Gasteiger partial charge on any atom is -0.487 e. The number of nitrogens with one attached hydrogen (secondary N) is 1. The highest BCUT2D eigenvalue weighted by atomic mass is 32.1. The molecule has 0 aliphatic rings. The van der Waals surface area contributed by atoms with Gasteiger partial charge in [-0.1, -0.05) is 19.9 Å². The Hall–Kier alpha value is -1.55. The molecule has 2 heterocycles. The summed E-state index contributed by atoms with van der Waals surface area (Å²) in [6.45, 7) is 9.33. The van der Waals surface area contributed by atoms with E-state index in [1.165, 1.54) is 4.88 Å². The van der Waals surface area contributed by atoms with Gasteiger partial charge in [-0.25, -0.2) is 4.98 Å². The van der Waals surface area contributed by atoms with Crippen molar-refractivity contribution >= 4 is 17.2 Å². The fraction of sp³-hybridized carbons (Fsp3) is 0.438. The van der Waals surface area contributed by atoms with Gasteiger partial charge in [0.25, 0.3) is 0 Å². The second-order valence-electron chi connectivity index (χ2n) is 5.73. The van der Waals surface area contributed by atoms with Crippen LogP contribution in [0.4, 0.5) is 5.82 Å². The molecule has 2 aromatic rings. The van der Waals surface area contributed by atoms with E-state index in [2.05, 4.69) is 41.7 Å². The lowest BCUT2D eigenvalue weighted by atomic mass is 9.91. The Morgan fingerprint density at radius 3 is 2.75 bits per heavy atom. The number of thiophene rings is 1. The van der Waals surface area contributed by atoms with Gasteiger partial charge < -0.3 is 10.1 Å². The molecule has 3 nitrogen and oxygen atoms in total. The molecule has 0 saturated heterocycles. The summed E-state index contributed by atoms with van der Waals surface area (Å²) in [5.74, 6) is 1.62. The van der Waals surface area contributed by atoms with E-state index in [9.17, 15) is 0 Å². The van der Waals surface area contributed by atoms with Gasteiger partial charge in [0.15, 0.2) is 11.6 Å². The van der Waals surface area contributed by atoms with Gasteiger partial charge in [0.1, 0.15) is 0 Å². The average Bonchev–Trinajstić information content (AvgIpc) is 2.92. The van der Waals surface area contributed by atoms with E-state index in [4.69, 9.17) is 4.74 Å². The third kappa shape index (κ3) is 3.73. The van der Waals surface area contributed by atoms with Crippen molar-refractivity contribution < 1.29 is 4.74 Å². The van der Waals surface area contributed by atoms with Crippen LogP contribution in [-0.2, 0) is 5.41 Å². The summed E-state index contributed by atoms with van der Waals surface area (Å²) in [5.41, 5.74) is 0.0702. The second-order valence-corrected chi connectivity index (χ2v) is 6.68. The lowest BCUT2D eigenvalue weighted by Crippen LogP contribution is -2.27. The first kappa shape index (κ1) is 14.9. The number of anilines is 1. The van der Waals surface area contributed by atoms with E-state index in [-0.39, 0.29) is 11.5 Å². The largest absolute Gasteiger partial charge is 0.487 e. The van der Waals surface area contributed by atoms with E-state index in [1.54, 1.807) is 17.5 Å². The highest BCUT2D eigenvalue weighted by Crippen LogP contribution is 2.29. The van der Waals surface area contributed by atoms with Crippen LogP contribution in [0, 0.1) is 0 Å². The Morgan fingerprint density at radius 2 is 2.10 bits per heavy atom. The number of hydrogen-bond acceptors (Lipinski definition) is 4. The van der Waals surface area contributed by atoms with Gasteiger partial charge in [-0.3, -0.25) is 0 Å². The summed E-state index contributed by atoms with van der Waals surface area (Å²) in [6, 6.07) is 8.12. The topological polar surface area (TPSA) is 34.1 Å². The molecule has 0 spiro atoms. The highest BCUT2D eigenvalue weighted by molar-refractivity contribution is 7.10.